The third-order valence-electron chi connectivity index (χ3n) is 4.15. The lowest BCUT2D eigenvalue weighted by Gasteiger charge is -2.40. The zero-order valence-electron chi connectivity index (χ0n) is 12.1. The Morgan fingerprint density at radius 2 is 2.30 bits per heavy atom. The number of nitrogens with zero attached hydrogens (tertiary/aromatic N) is 1. The van der Waals surface area contributed by atoms with Gasteiger partial charge in [0.15, 0.2) is 5.69 Å². The number of pyridine rings is 1. The summed E-state index contributed by atoms with van der Waals surface area (Å²) in [6.45, 7) is 4.99. The van der Waals surface area contributed by atoms with Crippen LogP contribution in [0.5, 0.6) is 0 Å². The molecule has 1 fully saturated rings. The average Bonchev–Trinajstić information content (AvgIpc) is 2.47. The molecule has 1 aliphatic rings. The highest BCUT2D eigenvalue weighted by atomic mass is 16.5. The Morgan fingerprint density at radius 3 is 2.95 bits per heavy atom. The van der Waals surface area contributed by atoms with Gasteiger partial charge in [-0.15, -0.1) is 0 Å². The molecule has 2 rings (SSSR count). The number of ether oxygens (including phenoxy) is 1. The maximum Gasteiger partial charge on any atom is 0.356 e. The molecule has 1 atom stereocenters. The Hall–Kier alpha value is -1.62. The van der Waals surface area contributed by atoms with Crippen LogP contribution in [-0.2, 0) is 4.74 Å². The van der Waals surface area contributed by atoms with Gasteiger partial charge in [-0.25, -0.2) is 9.78 Å². The summed E-state index contributed by atoms with van der Waals surface area (Å²) < 4.78 is 5.94. The van der Waals surface area contributed by atoms with Crippen molar-refractivity contribution in [3.05, 3.63) is 24.0 Å². The fourth-order valence-electron chi connectivity index (χ4n) is 2.81. The van der Waals surface area contributed by atoms with Crippen LogP contribution in [0.1, 0.15) is 50.0 Å². The fourth-order valence-corrected chi connectivity index (χ4v) is 2.81. The normalized spacial score (nSPS) is 21.4. The van der Waals surface area contributed by atoms with Crippen molar-refractivity contribution in [1.29, 1.82) is 0 Å². The van der Waals surface area contributed by atoms with E-state index in [1.807, 2.05) is 0 Å². The molecule has 1 aromatic rings. The number of nitrogens with one attached hydrogen (secondary N) is 1. The minimum atomic E-state index is -1.00. The summed E-state index contributed by atoms with van der Waals surface area (Å²) in [5, 5.41) is 12.5. The fraction of sp³-hybridized carbons (Fsp3) is 0.600. The van der Waals surface area contributed by atoms with Gasteiger partial charge >= 0.3 is 5.97 Å². The van der Waals surface area contributed by atoms with Gasteiger partial charge in [0.05, 0.1) is 11.3 Å². The maximum absolute atomic E-state index is 11.2. The van der Waals surface area contributed by atoms with Crippen LogP contribution >= 0.6 is 0 Å². The molecule has 0 spiro atoms. The third kappa shape index (κ3) is 3.10. The first-order chi connectivity index (χ1) is 9.60. The molecular weight excluding hydrogens is 256 g/mol. The van der Waals surface area contributed by atoms with Crippen LogP contribution in [0.3, 0.4) is 0 Å². The average molecular weight is 278 g/mol. The van der Waals surface area contributed by atoms with Crippen molar-refractivity contribution >= 4 is 11.7 Å². The van der Waals surface area contributed by atoms with Gasteiger partial charge in [-0.2, -0.15) is 0 Å². The summed E-state index contributed by atoms with van der Waals surface area (Å²) in [6.07, 6.45) is 5.23. The van der Waals surface area contributed by atoms with Crippen LogP contribution in [0.2, 0.25) is 0 Å². The Kier molecular flexibility index (Phi) is 4.60. The van der Waals surface area contributed by atoms with Gasteiger partial charge in [-0.3, -0.25) is 0 Å². The van der Waals surface area contributed by atoms with Gasteiger partial charge in [0.1, 0.15) is 0 Å². The molecule has 1 aliphatic heterocycles. The number of hydrogen-bond donors (Lipinski definition) is 2. The molecule has 0 radical (unpaired) electrons. The zero-order valence-corrected chi connectivity index (χ0v) is 12.1. The highest BCUT2D eigenvalue weighted by Crippen LogP contribution is 2.33. The van der Waals surface area contributed by atoms with Gasteiger partial charge in [0.25, 0.3) is 0 Å². The smallest absolute Gasteiger partial charge is 0.356 e. The predicted octanol–water partition coefficient (Wildman–Crippen LogP) is 2.93. The van der Waals surface area contributed by atoms with Crippen molar-refractivity contribution in [2.24, 2.45) is 0 Å². The number of carboxylic acids is 1. The van der Waals surface area contributed by atoms with Crippen molar-refractivity contribution in [2.75, 3.05) is 11.9 Å². The van der Waals surface area contributed by atoms with Gasteiger partial charge in [-0.1, -0.05) is 13.8 Å². The number of rotatable bonds is 5. The molecule has 1 aromatic heterocycles. The second-order valence-electron chi connectivity index (χ2n) is 5.28. The molecule has 0 bridgehead atoms. The standard InChI is InChI=1S/C15H22N2O3/c1-3-15(4-2)10-11(7-9-20-15)17-12-6-5-8-16-13(12)14(18)19/h5-6,8,11,17H,3-4,7,9-10H2,1-2H3,(H,18,19). The molecule has 20 heavy (non-hydrogen) atoms. The van der Waals surface area contributed by atoms with Crippen LogP contribution in [0.4, 0.5) is 5.69 Å². The van der Waals surface area contributed by atoms with Gasteiger partial charge in [0.2, 0.25) is 0 Å². The second-order valence-corrected chi connectivity index (χ2v) is 5.28. The number of carboxylic acid groups (broad SMARTS) is 1. The molecule has 110 valence electrons. The van der Waals surface area contributed by atoms with Crippen LogP contribution in [0, 0.1) is 0 Å². The minimum Gasteiger partial charge on any atom is -0.476 e. The molecule has 2 heterocycles. The molecule has 5 nitrogen and oxygen atoms in total. The first kappa shape index (κ1) is 14.8. The van der Waals surface area contributed by atoms with Gasteiger partial charge in [0, 0.05) is 18.8 Å². The predicted molar refractivity (Wildman–Crippen MR) is 77.1 cm³/mol. The van der Waals surface area contributed by atoms with Crippen LogP contribution in [-0.4, -0.2) is 34.3 Å². The van der Waals surface area contributed by atoms with E-state index in [9.17, 15) is 4.79 Å². The van der Waals surface area contributed by atoms with E-state index < -0.39 is 5.97 Å². The van der Waals surface area contributed by atoms with Gasteiger partial charge < -0.3 is 15.2 Å². The first-order valence-electron chi connectivity index (χ1n) is 7.19. The van der Waals surface area contributed by atoms with Crippen LogP contribution < -0.4 is 5.32 Å². The lowest BCUT2D eigenvalue weighted by Crippen LogP contribution is -2.43. The third-order valence-corrected chi connectivity index (χ3v) is 4.15. The molecular formula is C15H22N2O3. The van der Waals surface area contributed by atoms with Crippen molar-refractivity contribution in [3.8, 4) is 0 Å². The lowest BCUT2D eigenvalue weighted by molar-refractivity contribution is -0.0864. The molecule has 0 amide bonds. The topological polar surface area (TPSA) is 71.5 Å². The highest BCUT2D eigenvalue weighted by molar-refractivity contribution is 5.91. The summed E-state index contributed by atoms with van der Waals surface area (Å²) in [4.78, 5) is 15.1. The van der Waals surface area contributed by atoms with E-state index in [0.29, 0.717) is 12.3 Å². The SMILES string of the molecule is CCC1(CC)CC(Nc2cccnc2C(=O)O)CCO1. The number of anilines is 1. The summed E-state index contributed by atoms with van der Waals surface area (Å²) in [5.74, 6) is -1.00. The Bertz CT molecular complexity index is 472. The van der Waals surface area contributed by atoms with Crippen molar-refractivity contribution in [2.45, 2.75) is 51.2 Å². The minimum absolute atomic E-state index is 0.0811. The van der Waals surface area contributed by atoms with E-state index in [2.05, 4.69) is 24.1 Å². The molecule has 5 heteroatoms. The van der Waals surface area contributed by atoms with E-state index in [4.69, 9.17) is 9.84 Å². The quantitative estimate of drug-likeness (QED) is 0.866. The molecule has 1 saturated heterocycles. The summed E-state index contributed by atoms with van der Waals surface area (Å²) >= 11 is 0. The van der Waals surface area contributed by atoms with E-state index in [1.54, 1.807) is 12.1 Å². The monoisotopic (exact) mass is 278 g/mol. The summed E-state index contributed by atoms with van der Waals surface area (Å²) in [5.41, 5.74) is 0.590. The largest absolute Gasteiger partial charge is 0.476 e. The highest BCUT2D eigenvalue weighted by Gasteiger charge is 2.34. The van der Waals surface area contributed by atoms with Crippen LogP contribution in [0.15, 0.2) is 18.3 Å². The molecule has 0 aliphatic carbocycles. The number of carbonyl (C=O) groups is 1. The lowest BCUT2D eigenvalue weighted by atomic mass is 9.86. The summed E-state index contributed by atoms with van der Waals surface area (Å²) in [6, 6.07) is 3.75. The van der Waals surface area contributed by atoms with Gasteiger partial charge in [-0.05, 0) is 37.8 Å². The van der Waals surface area contributed by atoms with E-state index in [0.717, 1.165) is 25.7 Å². The second kappa shape index (κ2) is 6.22. The number of hydrogen-bond acceptors (Lipinski definition) is 4. The van der Waals surface area contributed by atoms with Crippen molar-refractivity contribution < 1.29 is 14.6 Å². The molecule has 2 N–H and O–H groups in total. The number of aromatic carboxylic acids is 1. The first-order valence-corrected chi connectivity index (χ1v) is 7.19. The summed E-state index contributed by atoms with van der Waals surface area (Å²) in [7, 11) is 0. The Morgan fingerprint density at radius 1 is 1.55 bits per heavy atom. The maximum atomic E-state index is 11.2. The van der Waals surface area contributed by atoms with Crippen molar-refractivity contribution in [1.82, 2.24) is 4.98 Å². The Balaban J connectivity index is 2.12. The van der Waals surface area contributed by atoms with E-state index >= 15 is 0 Å². The molecule has 0 aromatic carbocycles. The molecule has 0 saturated carbocycles. The van der Waals surface area contributed by atoms with E-state index in [1.165, 1.54) is 6.20 Å². The zero-order chi connectivity index (χ0) is 14.6. The van der Waals surface area contributed by atoms with Crippen molar-refractivity contribution in [3.63, 3.8) is 0 Å². The number of aromatic nitrogens is 1. The Labute approximate surface area is 119 Å². The van der Waals surface area contributed by atoms with Crippen LogP contribution in [0.25, 0.3) is 0 Å². The van der Waals surface area contributed by atoms with E-state index in [-0.39, 0.29) is 17.3 Å². The molecule has 1 unspecified atom stereocenters.